The first-order valence-corrected chi connectivity index (χ1v) is 8.60. The van der Waals surface area contributed by atoms with Gasteiger partial charge in [0.15, 0.2) is 0 Å². The molecule has 8 nitrogen and oxygen atoms in total. The standard InChI is InChI=1S/C14H19N3O5S/c1-20-9-7-10(21-2)13(11(8-9)22-3)14-16-23(18,19)15-12-5-4-6-17(12)14/h7-8,14,16H,4-6H2,1-3H3/t14-/m0/s1. The van der Waals surface area contributed by atoms with E-state index in [0.29, 0.717) is 41.6 Å². The van der Waals surface area contributed by atoms with E-state index in [-0.39, 0.29) is 0 Å². The lowest BCUT2D eigenvalue weighted by Crippen LogP contribution is -2.46. The number of fused-ring (bicyclic) bond motifs is 1. The van der Waals surface area contributed by atoms with Crippen LogP contribution >= 0.6 is 0 Å². The summed E-state index contributed by atoms with van der Waals surface area (Å²) in [6.45, 7) is 0.713. The van der Waals surface area contributed by atoms with Crippen LogP contribution in [0.25, 0.3) is 0 Å². The lowest BCUT2D eigenvalue weighted by atomic mass is 10.1. The number of hydrogen-bond acceptors (Lipinski definition) is 6. The summed E-state index contributed by atoms with van der Waals surface area (Å²) in [5, 5.41) is 0. The molecule has 0 amide bonds. The first-order valence-electron chi connectivity index (χ1n) is 7.16. The molecule has 0 aromatic heterocycles. The minimum absolute atomic E-state index is 0.488. The van der Waals surface area contributed by atoms with Gasteiger partial charge in [-0.1, -0.05) is 0 Å². The minimum atomic E-state index is -3.75. The smallest absolute Gasteiger partial charge is 0.323 e. The molecule has 3 rings (SSSR count). The van der Waals surface area contributed by atoms with E-state index >= 15 is 0 Å². The number of nitrogens with one attached hydrogen (secondary N) is 1. The van der Waals surface area contributed by atoms with Gasteiger partial charge in [0, 0.05) is 25.1 Å². The van der Waals surface area contributed by atoms with Gasteiger partial charge < -0.3 is 19.1 Å². The van der Waals surface area contributed by atoms with Crippen molar-refractivity contribution in [3.8, 4) is 17.2 Å². The largest absolute Gasteiger partial charge is 0.496 e. The third kappa shape index (κ3) is 2.81. The van der Waals surface area contributed by atoms with Gasteiger partial charge in [-0.05, 0) is 6.42 Å². The fourth-order valence-electron chi connectivity index (χ4n) is 2.94. The molecule has 0 saturated carbocycles. The summed E-state index contributed by atoms with van der Waals surface area (Å²) in [5.74, 6) is 2.11. The van der Waals surface area contributed by atoms with Gasteiger partial charge in [0.2, 0.25) is 0 Å². The second-order valence-corrected chi connectivity index (χ2v) is 6.61. The Hall–Kier alpha value is -2.00. The van der Waals surface area contributed by atoms with Crippen molar-refractivity contribution < 1.29 is 22.6 Å². The van der Waals surface area contributed by atoms with Crippen molar-refractivity contribution in [3.63, 3.8) is 0 Å². The van der Waals surface area contributed by atoms with Crippen LogP contribution in [0.4, 0.5) is 0 Å². The summed E-state index contributed by atoms with van der Waals surface area (Å²) >= 11 is 0. The van der Waals surface area contributed by atoms with Crippen LogP contribution < -0.4 is 18.9 Å². The molecule has 1 atom stereocenters. The number of rotatable bonds is 4. The quantitative estimate of drug-likeness (QED) is 0.881. The average molecular weight is 341 g/mol. The molecule has 2 heterocycles. The normalized spacial score (nSPS) is 22.3. The summed E-state index contributed by atoms with van der Waals surface area (Å²) in [7, 11) is 0.842. The Labute approximate surface area is 135 Å². The molecule has 0 unspecified atom stereocenters. The molecular formula is C14H19N3O5S. The van der Waals surface area contributed by atoms with Crippen molar-refractivity contribution in [1.29, 1.82) is 0 Å². The van der Waals surface area contributed by atoms with Crippen molar-refractivity contribution >= 4 is 16.0 Å². The van der Waals surface area contributed by atoms with Gasteiger partial charge in [0.25, 0.3) is 0 Å². The summed E-state index contributed by atoms with van der Waals surface area (Å²) in [6, 6.07) is 3.40. The highest BCUT2D eigenvalue weighted by atomic mass is 32.2. The van der Waals surface area contributed by atoms with Crippen molar-refractivity contribution in [1.82, 2.24) is 9.62 Å². The first-order chi connectivity index (χ1) is 11.0. The molecule has 1 aromatic rings. The van der Waals surface area contributed by atoms with E-state index in [2.05, 4.69) is 9.12 Å². The maximum absolute atomic E-state index is 12.1. The van der Waals surface area contributed by atoms with Gasteiger partial charge in [-0.3, -0.25) is 0 Å². The van der Waals surface area contributed by atoms with Gasteiger partial charge in [0.05, 0.1) is 26.9 Å². The predicted molar refractivity (Wildman–Crippen MR) is 84.3 cm³/mol. The number of nitrogens with zero attached hydrogens (tertiary/aromatic N) is 2. The lowest BCUT2D eigenvalue weighted by Gasteiger charge is -2.34. The van der Waals surface area contributed by atoms with E-state index < -0.39 is 16.4 Å². The minimum Gasteiger partial charge on any atom is -0.496 e. The lowest BCUT2D eigenvalue weighted by molar-refractivity contribution is 0.288. The molecule has 1 saturated heterocycles. The number of hydrogen-bond donors (Lipinski definition) is 1. The van der Waals surface area contributed by atoms with Gasteiger partial charge in [-0.15, -0.1) is 4.40 Å². The predicted octanol–water partition coefficient (Wildman–Crippen LogP) is 1.05. The zero-order valence-electron chi connectivity index (χ0n) is 13.2. The number of methoxy groups -OCH3 is 3. The second-order valence-electron chi connectivity index (χ2n) is 5.25. The van der Waals surface area contributed by atoms with E-state index in [0.717, 1.165) is 6.42 Å². The van der Waals surface area contributed by atoms with Crippen LogP contribution in [-0.4, -0.2) is 47.0 Å². The molecule has 9 heteroatoms. The van der Waals surface area contributed by atoms with E-state index in [9.17, 15) is 8.42 Å². The monoisotopic (exact) mass is 341 g/mol. The van der Waals surface area contributed by atoms with E-state index in [4.69, 9.17) is 14.2 Å². The summed E-state index contributed by atoms with van der Waals surface area (Å²) < 4.78 is 46.6. The fraction of sp³-hybridized carbons (Fsp3) is 0.500. The molecule has 0 aliphatic carbocycles. The summed E-state index contributed by atoms with van der Waals surface area (Å²) in [4.78, 5) is 1.92. The van der Waals surface area contributed by atoms with Crippen LogP contribution in [0.3, 0.4) is 0 Å². The van der Waals surface area contributed by atoms with Gasteiger partial charge in [0.1, 0.15) is 29.2 Å². The Morgan fingerprint density at radius 1 is 1.17 bits per heavy atom. The highest BCUT2D eigenvalue weighted by Gasteiger charge is 2.39. The highest BCUT2D eigenvalue weighted by Crippen LogP contribution is 2.42. The maximum atomic E-state index is 12.1. The third-order valence-electron chi connectivity index (χ3n) is 3.96. The van der Waals surface area contributed by atoms with Crippen LogP contribution in [0.5, 0.6) is 17.2 Å². The SMILES string of the molecule is COc1cc(OC)c([C@H]2NS(=O)(=O)N=C3CCCN32)c(OC)c1. The molecule has 23 heavy (non-hydrogen) atoms. The van der Waals surface area contributed by atoms with Crippen molar-refractivity contribution in [2.45, 2.75) is 19.0 Å². The van der Waals surface area contributed by atoms with Crippen molar-refractivity contribution in [2.24, 2.45) is 4.40 Å². The maximum Gasteiger partial charge on any atom is 0.323 e. The molecule has 2 aliphatic heterocycles. The Morgan fingerprint density at radius 2 is 1.83 bits per heavy atom. The Kier molecular flexibility index (Phi) is 4.07. The average Bonchev–Trinajstić information content (AvgIpc) is 2.99. The highest BCUT2D eigenvalue weighted by molar-refractivity contribution is 7.88. The molecule has 0 spiro atoms. The van der Waals surface area contributed by atoms with Crippen LogP contribution in [0.15, 0.2) is 16.5 Å². The zero-order valence-corrected chi connectivity index (χ0v) is 14.0. The van der Waals surface area contributed by atoms with Crippen LogP contribution in [0.1, 0.15) is 24.6 Å². The van der Waals surface area contributed by atoms with E-state index in [1.165, 1.54) is 14.2 Å². The fourth-order valence-corrected chi connectivity index (χ4v) is 4.00. The van der Waals surface area contributed by atoms with Crippen LogP contribution in [0, 0.1) is 0 Å². The number of amidine groups is 1. The van der Waals surface area contributed by atoms with Gasteiger partial charge in [-0.25, -0.2) is 0 Å². The van der Waals surface area contributed by atoms with E-state index in [1.807, 2.05) is 4.90 Å². The molecule has 1 fully saturated rings. The molecular weight excluding hydrogens is 322 g/mol. The zero-order chi connectivity index (χ0) is 16.6. The molecule has 2 aliphatic rings. The Morgan fingerprint density at radius 3 is 2.39 bits per heavy atom. The third-order valence-corrected chi connectivity index (χ3v) is 4.93. The van der Waals surface area contributed by atoms with Crippen LogP contribution in [0.2, 0.25) is 0 Å². The number of benzene rings is 1. The first kappa shape index (κ1) is 15.9. The Bertz CT molecular complexity index is 722. The number of ether oxygens (including phenoxy) is 3. The Balaban J connectivity index is 2.15. The van der Waals surface area contributed by atoms with Crippen molar-refractivity contribution in [2.75, 3.05) is 27.9 Å². The van der Waals surface area contributed by atoms with Crippen molar-refractivity contribution in [3.05, 3.63) is 17.7 Å². The van der Waals surface area contributed by atoms with Crippen LogP contribution in [-0.2, 0) is 10.2 Å². The molecule has 1 aromatic carbocycles. The summed E-state index contributed by atoms with van der Waals surface area (Å²) in [5.41, 5.74) is 0.605. The summed E-state index contributed by atoms with van der Waals surface area (Å²) in [6.07, 6.45) is 0.872. The topological polar surface area (TPSA) is 89.5 Å². The second kappa shape index (κ2) is 5.89. The molecule has 126 valence electrons. The molecule has 0 bridgehead atoms. The van der Waals surface area contributed by atoms with E-state index in [1.54, 1.807) is 19.2 Å². The van der Waals surface area contributed by atoms with Gasteiger partial charge >= 0.3 is 10.2 Å². The van der Waals surface area contributed by atoms with Gasteiger partial charge in [-0.2, -0.15) is 13.1 Å². The molecule has 0 radical (unpaired) electrons. The molecule has 1 N–H and O–H groups in total.